The van der Waals surface area contributed by atoms with Crippen LogP contribution in [-0.4, -0.2) is 11.7 Å². The Kier molecular flexibility index (Phi) is 4.34. The smallest absolute Gasteiger partial charge is 0.415 e. The molecule has 4 rings (SSSR count). The van der Waals surface area contributed by atoms with Crippen molar-refractivity contribution in [1.82, 2.24) is 0 Å². The Morgan fingerprint density at radius 1 is 0.929 bits per heavy atom. The summed E-state index contributed by atoms with van der Waals surface area (Å²) in [6.45, 7) is 5.90. The number of carbonyl (C=O) groups excluding carboxylic acids is 1. The van der Waals surface area contributed by atoms with Gasteiger partial charge in [-0.2, -0.15) is 0 Å². The van der Waals surface area contributed by atoms with Crippen LogP contribution in [0.2, 0.25) is 0 Å². The Bertz CT molecular complexity index is 1010. The van der Waals surface area contributed by atoms with Crippen LogP contribution in [0.4, 0.5) is 16.2 Å². The second-order valence-electron chi connectivity index (χ2n) is 7.77. The number of nitrogen functional groups attached to an aromatic ring is 1. The molecule has 4 heteroatoms. The molecular weight excluding hydrogens is 348 g/mol. The molecule has 0 radical (unpaired) electrons. The standard InChI is InChI=1S/C24H24N2O2/c1-16-15-19(11-14-21(16)25)17-9-12-20(13-10-17)26-22(18-7-5-4-6-8-18)24(2,3)28-23(26)27/h4-15,22H,25H2,1-3H3. The van der Waals surface area contributed by atoms with Crippen molar-refractivity contribution in [2.24, 2.45) is 0 Å². The second kappa shape index (κ2) is 6.71. The molecule has 0 aromatic heterocycles. The summed E-state index contributed by atoms with van der Waals surface area (Å²) >= 11 is 0. The van der Waals surface area contributed by atoms with Gasteiger partial charge in [0.15, 0.2) is 0 Å². The van der Waals surface area contributed by atoms with Gasteiger partial charge in [0.25, 0.3) is 0 Å². The fourth-order valence-electron chi connectivity index (χ4n) is 3.86. The van der Waals surface area contributed by atoms with Crippen LogP contribution >= 0.6 is 0 Å². The number of cyclic esters (lactones) is 1. The van der Waals surface area contributed by atoms with Crippen molar-refractivity contribution in [3.8, 4) is 11.1 Å². The molecule has 1 heterocycles. The fourth-order valence-corrected chi connectivity index (χ4v) is 3.86. The summed E-state index contributed by atoms with van der Waals surface area (Å²) < 4.78 is 5.70. The monoisotopic (exact) mass is 372 g/mol. The number of carbonyl (C=O) groups is 1. The molecule has 1 fully saturated rings. The van der Waals surface area contributed by atoms with Gasteiger partial charge in [-0.25, -0.2) is 4.79 Å². The fraction of sp³-hybridized carbons (Fsp3) is 0.208. The minimum absolute atomic E-state index is 0.189. The van der Waals surface area contributed by atoms with E-state index in [2.05, 4.69) is 6.07 Å². The predicted octanol–water partition coefficient (Wildman–Crippen LogP) is 5.72. The Hall–Kier alpha value is -3.27. The van der Waals surface area contributed by atoms with Gasteiger partial charge in [0.2, 0.25) is 0 Å². The van der Waals surface area contributed by atoms with E-state index in [4.69, 9.17) is 10.5 Å². The molecule has 1 unspecified atom stereocenters. The number of amides is 1. The van der Waals surface area contributed by atoms with Crippen molar-refractivity contribution in [2.45, 2.75) is 32.4 Å². The van der Waals surface area contributed by atoms with E-state index >= 15 is 0 Å². The molecule has 4 nitrogen and oxygen atoms in total. The molecule has 0 saturated carbocycles. The SMILES string of the molecule is Cc1cc(-c2ccc(N3C(=O)OC(C)(C)C3c3ccccc3)cc2)ccc1N. The lowest BCUT2D eigenvalue weighted by atomic mass is 9.91. The summed E-state index contributed by atoms with van der Waals surface area (Å²) in [6.07, 6.45) is -0.324. The number of anilines is 2. The summed E-state index contributed by atoms with van der Waals surface area (Å²) in [5, 5.41) is 0. The van der Waals surface area contributed by atoms with Gasteiger partial charge in [0.1, 0.15) is 11.6 Å². The maximum Gasteiger partial charge on any atom is 0.415 e. The minimum Gasteiger partial charge on any atom is -0.441 e. The van der Waals surface area contributed by atoms with E-state index in [0.29, 0.717) is 0 Å². The summed E-state index contributed by atoms with van der Waals surface area (Å²) in [6, 6.07) is 23.8. The summed E-state index contributed by atoms with van der Waals surface area (Å²) in [4.78, 5) is 14.4. The quantitative estimate of drug-likeness (QED) is 0.598. The zero-order valence-corrected chi connectivity index (χ0v) is 16.3. The molecule has 1 atom stereocenters. The number of ether oxygens (including phenoxy) is 1. The molecule has 0 bridgehead atoms. The van der Waals surface area contributed by atoms with E-state index in [9.17, 15) is 4.79 Å². The average Bonchev–Trinajstić information content (AvgIpc) is 2.93. The molecule has 2 N–H and O–H groups in total. The number of benzene rings is 3. The number of hydrogen-bond donors (Lipinski definition) is 1. The first-order valence-corrected chi connectivity index (χ1v) is 9.40. The van der Waals surface area contributed by atoms with Gasteiger partial charge in [-0.05, 0) is 67.3 Å². The first-order valence-electron chi connectivity index (χ1n) is 9.40. The molecule has 1 saturated heterocycles. The molecule has 0 aliphatic carbocycles. The van der Waals surface area contributed by atoms with E-state index in [0.717, 1.165) is 33.6 Å². The zero-order valence-electron chi connectivity index (χ0n) is 16.3. The molecule has 3 aromatic carbocycles. The van der Waals surface area contributed by atoms with Crippen LogP contribution in [0.5, 0.6) is 0 Å². The van der Waals surface area contributed by atoms with Crippen molar-refractivity contribution in [1.29, 1.82) is 0 Å². The van der Waals surface area contributed by atoms with E-state index in [1.54, 1.807) is 4.90 Å². The van der Waals surface area contributed by atoms with E-state index in [1.165, 1.54) is 0 Å². The van der Waals surface area contributed by atoms with Crippen molar-refractivity contribution in [3.63, 3.8) is 0 Å². The van der Waals surface area contributed by atoms with Gasteiger partial charge in [0, 0.05) is 11.4 Å². The van der Waals surface area contributed by atoms with E-state index in [-0.39, 0.29) is 12.1 Å². The van der Waals surface area contributed by atoms with Crippen LogP contribution in [-0.2, 0) is 4.74 Å². The molecule has 3 aromatic rings. The Labute approximate surface area is 165 Å². The van der Waals surface area contributed by atoms with Crippen molar-refractivity contribution in [3.05, 3.63) is 83.9 Å². The normalized spacial score (nSPS) is 18.2. The molecule has 0 spiro atoms. The lowest BCUT2D eigenvalue weighted by Crippen LogP contribution is -2.33. The van der Waals surface area contributed by atoms with E-state index < -0.39 is 5.60 Å². The molecule has 142 valence electrons. The van der Waals surface area contributed by atoms with Gasteiger partial charge in [-0.15, -0.1) is 0 Å². The maximum absolute atomic E-state index is 12.7. The van der Waals surface area contributed by atoms with E-state index in [1.807, 2.05) is 87.5 Å². The number of nitrogens with zero attached hydrogens (tertiary/aromatic N) is 1. The van der Waals surface area contributed by atoms with Crippen molar-refractivity contribution < 1.29 is 9.53 Å². The van der Waals surface area contributed by atoms with Gasteiger partial charge < -0.3 is 10.5 Å². The first kappa shape index (κ1) is 18.1. The molecule has 1 aliphatic heterocycles. The molecular formula is C24H24N2O2. The van der Waals surface area contributed by atoms with Gasteiger partial charge in [-0.3, -0.25) is 4.90 Å². The molecule has 1 aliphatic rings. The Balaban J connectivity index is 1.71. The Morgan fingerprint density at radius 3 is 2.21 bits per heavy atom. The highest BCUT2D eigenvalue weighted by atomic mass is 16.6. The Morgan fingerprint density at radius 2 is 1.57 bits per heavy atom. The lowest BCUT2D eigenvalue weighted by molar-refractivity contribution is 0.0685. The second-order valence-corrected chi connectivity index (χ2v) is 7.77. The van der Waals surface area contributed by atoms with Crippen LogP contribution in [0.1, 0.15) is 31.0 Å². The number of aryl methyl sites for hydroxylation is 1. The number of hydrogen-bond acceptors (Lipinski definition) is 3. The number of rotatable bonds is 3. The van der Waals surface area contributed by atoms with Crippen LogP contribution in [0.3, 0.4) is 0 Å². The summed E-state index contributed by atoms with van der Waals surface area (Å²) in [5.41, 5.74) is 11.2. The zero-order chi connectivity index (χ0) is 19.9. The van der Waals surface area contributed by atoms with Crippen LogP contribution in [0.25, 0.3) is 11.1 Å². The molecule has 28 heavy (non-hydrogen) atoms. The lowest BCUT2D eigenvalue weighted by Gasteiger charge is -2.29. The van der Waals surface area contributed by atoms with Gasteiger partial charge >= 0.3 is 6.09 Å². The largest absolute Gasteiger partial charge is 0.441 e. The summed E-state index contributed by atoms with van der Waals surface area (Å²) in [7, 11) is 0. The maximum atomic E-state index is 12.7. The number of nitrogens with two attached hydrogens (primary N) is 1. The van der Waals surface area contributed by atoms with Gasteiger partial charge in [0.05, 0.1) is 0 Å². The highest BCUT2D eigenvalue weighted by Crippen LogP contribution is 2.44. The van der Waals surface area contributed by atoms with Crippen molar-refractivity contribution >= 4 is 17.5 Å². The third kappa shape index (κ3) is 3.11. The van der Waals surface area contributed by atoms with Crippen LogP contribution in [0, 0.1) is 6.92 Å². The highest BCUT2D eigenvalue weighted by molar-refractivity contribution is 5.92. The third-order valence-corrected chi connectivity index (χ3v) is 5.33. The predicted molar refractivity (Wildman–Crippen MR) is 113 cm³/mol. The first-order chi connectivity index (χ1) is 13.4. The van der Waals surface area contributed by atoms with Crippen molar-refractivity contribution in [2.75, 3.05) is 10.6 Å². The van der Waals surface area contributed by atoms with Crippen LogP contribution in [0.15, 0.2) is 72.8 Å². The third-order valence-electron chi connectivity index (χ3n) is 5.33. The average molecular weight is 372 g/mol. The highest BCUT2D eigenvalue weighted by Gasteiger charge is 2.49. The summed E-state index contributed by atoms with van der Waals surface area (Å²) in [5.74, 6) is 0. The minimum atomic E-state index is -0.620. The van der Waals surface area contributed by atoms with Gasteiger partial charge in [-0.1, -0.05) is 48.5 Å². The molecule has 1 amide bonds. The topological polar surface area (TPSA) is 55.6 Å². The van der Waals surface area contributed by atoms with Crippen LogP contribution < -0.4 is 10.6 Å².